The van der Waals surface area contributed by atoms with Crippen LogP contribution in [0.3, 0.4) is 0 Å². The molecular weight excluding hydrogens is 504 g/mol. The molecule has 0 saturated carbocycles. The molecule has 0 bridgehead atoms. The highest BCUT2D eigenvalue weighted by Crippen LogP contribution is 2.44. The number of methoxy groups -OCH3 is 2. The van der Waals surface area contributed by atoms with Crippen molar-refractivity contribution in [3.63, 3.8) is 0 Å². The van der Waals surface area contributed by atoms with Crippen molar-refractivity contribution in [2.75, 3.05) is 47.5 Å². The molecule has 1 N–H and O–H groups in total. The Morgan fingerprint density at radius 3 is 2.50 bits per heavy atom. The van der Waals surface area contributed by atoms with Gasteiger partial charge in [0.2, 0.25) is 0 Å². The SMILES string of the molecule is CCOC(=O)c1c(CN(CC)CC)nc2sc3c(c2c1-c1ccc(OC)c(OC)c1)CCN(C(=O)NC)C3. The molecule has 10 heteroatoms. The van der Waals surface area contributed by atoms with Crippen molar-refractivity contribution in [2.24, 2.45) is 0 Å². The first-order chi connectivity index (χ1) is 18.4. The summed E-state index contributed by atoms with van der Waals surface area (Å²) < 4.78 is 16.7. The Bertz CT molecular complexity index is 1330. The highest BCUT2D eigenvalue weighted by atomic mass is 32.1. The molecule has 2 aromatic heterocycles. The number of hydrogen-bond acceptors (Lipinski definition) is 8. The van der Waals surface area contributed by atoms with Crippen LogP contribution in [-0.2, 0) is 24.2 Å². The van der Waals surface area contributed by atoms with Gasteiger partial charge in [-0.05, 0) is 49.7 Å². The van der Waals surface area contributed by atoms with Gasteiger partial charge in [-0.15, -0.1) is 11.3 Å². The van der Waals surface area contributed by atoms with Crippen LogP contribution < -0.4 is 14.8 Å². The average molecular weight is 541 g/mol. The molecule has 38 heavy (non-hydrogen) atoms. The van der Waals surface area contributed by atoms with Crippen molar-refractivity contribution in [3.05, 3.63) is 39.9 Å². The zero-order valence-corrected chi connectivity index (χ0v) is 23.8. The second kappa shape index (κ2) is 12.0. The molecule has 2 amide bonds. The third-order valence-corrected chi connectivity index (χ3v) is 8.09. The van der Waals surface area contributed by atoms with Crippen LogP contribution in [0.1, 0.15) is 47.3 Å². The average Bonchev–Trinajstić information content (AvgIpc) is 3.31. The Morgan fingerprint density at radius 2 is 1.87 bits per heavy atom. The van der Waals surface area contributed by atoms with E-state index < -0.39 is 5.97 Å². The number of nitrogens with one attached hydrogen (secondary N) is 1. The van der Waals surface area contributed by atoms with Crippen molar-refractivity contribution in [3.8, 4) is 22.6 Å². The van der Waals surface area contributed by atoms with E-state index in [1.165, 1.54) is 0 Å². The number of carbonyl (C=O) groups excluding carboxylic acids is 2. The molecule has 0 atom stereocenters. The van der Waals surface area contributed by atoms with Gasteiger partial charge in [0.25, 0.3) is 0 Å². The van der Waals surface area contributed by atoms with Crippen LogP contribution in [0.15, 0.2) is 18.2 Å². The second-order valence-corrected chi connectivity index (χ2v) is 10.1. The molecule has 0 spiro atoms. The van der Waals surface area contributed by atoms with Crippen molar-refractivity contribution >= 4 is 33.6 Å². The Hall–Kier alpha value is -3.37. The molecule has 0 saturated heterocycles. The number of benzene rings is 1. The molecule has 0 unspecified atom stereocenters. The third kappa shape index (κ3) is 5.15. The first-order valence-corrected chi connectivity index (χ1v) is 13.8. The lowest BCUT2D eigenvalue weighted by Gasteiger charge is -2.27. The fraction of sp³-hybridized carbons (Fsp3) is 0.464. The van der Waals surface area contributed by atoms with Crippen molar-refractivity contribution in [1.82, 2.24) is 20.1 Å². The lowest BCUT2D eigenvalue weighted by atomic mass is 9.91. The number of aromatic nitrogens is 1. The van der Waals surface area contributed by atoms with Crippen LogP contribution in [0.4, 0.5) is 4.79 Å². The molecular formula is C28H36N4O5S. The number of rotatable bonds is 9. The summed E-state index contributed by atoms with van der Waals surface area (Å²) in [6, 6.07) is 5.60. The van der Waals surface area contributed by atoms with Crippen LogP contribution in [0.2, 0.25) is 0 Å². The number of ether oxygens (including phenoxy) is 3. The van der Waals surface area contributed by atoms with Gasteiger partial charge in [-0.2, -0.15) is 0 Å². The topological polar surface area (TPSA) is 93.2 Å². The summed E-state index contributed by atoms with van der Waals surface area (Å²) in [6.45, 7) is 9.51. The van der Waals surface area contributed by atoms with Gasteiger partial charge in [-0.1, -0.05) is 19.9 Å². The van der Waals surface area contributed by atoms with Gasteiger partial charge in [-0.25, -0.2) is 14.6 Å². The third-order valence-electron chi connectivity index (χ3n) is 6.98. The Labute approximate surface area is 227 Å². The molecule has 1 aliphatic heterocycles. The van der Waals surface area contributed by atoms with Gasteiger partial charge in [0.1, 0.15) is 4.83 Å². The maximum atomic E-state index is 13.6. The number of amides is 2. The molecule has 204 valence electrons. The zero-order valence-electron chi connectivity index (χ0n) is 23.0. The van der Waals surface area contributed by atoms with Gasteiger partial charge in [-0.3, -0.25) is 4.90 Å². The van der Waals surface area contributed by atoms with Crippen molar-refractivity contribution < 1.29 is 23.8 Å². The zero-order chi connectivity index (χ0) is 27.4. The van der Waals surface area contributed by atoms with Crippen LogP contribution >= 0.6 is 11.3 Å². The highest BCUT2D eigenvalue weighted by Gasteiger charge is 2.31. The number of carbonyl (C=O) groups is 2. The first-order valence-electron chi connectivity index (χ1n) is 13.0. The summed E-state index contributed by atoms with van der Waals surface area (Å²) in [7, 11) is 4.84. The van der Waals surface area contributed by atoms with E-state index >= 15 is 0 Å². The van der Waals surface area contributed by atoms with Gasteiger partial charge in [0.05, 0.1) is 38.6 Å². The normalized spacial score (nSPS) is 13.0. The van der Waals surface area contributed by atoms with Gasteiger partial charge >= 0.3 is 12.0 Å². The Kier molecular flexibility index (Phi) is 8.73. The Balaban J connectivity index is 2.05. The molecule has 3 heterocycles. The summed E-state index contributed by atoms with van der Waals surface area (Å²) in [6.07, 6.45) is 0.669. The quantitative estimate of drug-likeness (QED) is 0.394. The van der Waals surface area contributed by atoms with E-state index in [1.54, 1.807) is 37.5 Å². The second-order valence-electron chi connectivity index (χ2n) is 8.97. The minimum Gasteiger partial charge on any atom is -0.493 e. The molecule has 0 aliphatic carbocycles. The van der Waals surface area contributed by atoms with E-state index in [1.807, 2.05) is 25.1 Å². The largest absolute Gasteiger partial charge is 0.493 e. The van der Waals surface area contributed by atoms with E-state index in [4.69, 9.17) is 19.2 Å². The predicted molar refractivity (Wildman–Crippen MR) is 149 cm³/mol. The maximum absolute atomic E-state index is 13.6. The number of fused-ring (bicyclic) bond motifs is 3. The first kappa shape index (κ1) is 27.7. The minimum atomic E-state index is -0.392. The van der Waals surface area contributed by atoms with Crippen LogP contribution in [0, 0.1) is 0 Å². The van der Waals surface area contributed by atoms with Gasteiger partial charge in [0.15, 0.2) is 11.5 Å². The van der Waals surface area contributed by atoms with E-state index in [2.05, 4.69) is 24.1 Å². The highest BCUT2D eigenvalue weighted by molar-refractivity contribution is 7.19. The van der Waals surface area contributed by atoms with Gasteiger partial charge < -0.3 is 24.4 Å². The molecule has 9 nitrogen and oxygen atoms in total. The van der Waals surface area contributed by atoms with E-state index in [9.17, 15) is 9.59 Å². The standard InChI is InChI=1S/C28H36N4O5S/c1-7-31(8-2)15-19-25(27(33)37-9-3)23(17-10-11-20(35-5)21(14-17)36-6)24-18-12-13-32(28(34)29-4)16-22(18)38-26(24)30-19/h10-11,14H,7-9,12-13,15-16H2,1-6H3,(H,29,34). The molecule has 1 aromatic carbocycles. The van der Waals surface area contributed by atoms with Crippen LogP contribution in [-0.4, -0.2) is 74.3 Å². The number of thiophene rings is 1. The van der Waals surface area contributed by atoms with Gasteiger partial charge in [0, 0.05) is 36.0 Å². The fourth-order valence-electron chi connectivity index (χ4n) is 4.98. The van der Waals surface area contributed by atoms with E-state index in [0.29, 0.717) is 48.8 Å². The fourth-order valence-corrected chi connectivity index (χ4v) is 6.25. The summed E-state index contributed by atoms with van der Waals surface area (Å²) in [5.74, 6) is 0.790. The summed E-state index contributed by atoms with van der Waals surface area (Å²) >= 11 is 1.59. The number of nitrogens with zero attached hydrogens (tertiary/aromatic N) is 3. The summed E-state index contributed by atoms with van der Waals surface area (Å²) in [4.78, 5) is 37.0. The number of pyridine rings is 1. The summed E-state index contributed by atoms with van der Waals surface area (Å²) in [5, 5.41) is 3.67. The number of hydrogen-bond donors (Lipinski definition) is 1. The van der Waals surface area contributed by atoms with E-state index in [-0.39, 0.29) is 12.6 Å². The molecule has 0 fully saturated rings. The monoisotopic (exact) mass is 540 g/mol. The lowest BCUT2D eigenvalue weighted by Crippen LogP contribution is -2.40. The van der Waals surface area contributed by atoms with Crippen molar-refractivity contribution in [1.29, 1.82) is 0 Å². The lowest BCUT2D eigenvalue weighted by molar-refractivity contribution is 0.0524. The van der Waals surface area contributed by atoms with Crippen LogP contribution in [0.25, 0.3) is 21.3 Å². The smallest absolute Gasteiger partial charge is 0.340 e. The molecule has 1 aliphatic rings. The maximum Gasteiger partial charge on any atom is 0.340 e. The number of esters is 1. The minimum absolute atomic E-state index is 0.101. The Morgan fingerprint density at radius 1 is 1.13 bits per heavy atom. The molecule has 0 radical (unpaired) electrons. The van der Waals surface area contributed by atoms with Crippen molar-refractivity contribution in [2.45, 2.75) is 40.3 Å². The predicted octanol–water partition coefficient (Wildman–Crippen LogP) is 4.70. The number of urea groups is 1. The molecule has 3 aromatic rings. The van der Waals surface area contributed by atoms with Crippen LogP contribution in [0.5, 0.6) is 11.5 Å². The molecule has 4 rings (SSSR count). The summed E-state index contributed by atoms with van der Waals surface area (Å²) in [5.41, 5.74) is 3.91. The van der Waals surface area contributed by atoms with E-state index in [0.717, 1.165) is 44.9 Å².